The molecule has 0 saturated heterocycles. The fourth-order valence-electron chi connectivity index (χ4n) is 2.48. The molecule has 1 aromatic heterocycles. The van der Waals surface area contributed by atoms with Gasteiger partial charge in [-0.3, -0.25) is 4.79 Å². The molecule has 7 nitrogen and oxygen atoms in total. The van der Waals surface area contributed by atoms with E-state index in [9.17, 15) is 4.79 Å². The number of benzene rings is 2. The molecule has 0 aliphatic heterocycles. The molecule has 2 aromatic carbocycles. The first-order chi connectivity index (χ1) is 13.6. The van der Waals surface area contributed by atoms with E-state index in [1.807, 2.05) is 43.3 Å². The summed E-state index contributed by atoms with van der Waals surface area (Å²) in [5, 5.41) is 8.78. The first-order valence-electron chi connectivity index (χ1n) is 8.48. The highest BCUT2D eigenvalue weighted by molar-refractivity contribution is 6.32. The fourth-order valence-corrected chi connectivity index (χ4v) is 2.80. The van der Waals surface area contributed by atoms with Crippen molar-refractivity contribution in [2.75, 3.05) is 13.7 Å². The van der Waals surface area contributed by atoms with E-state index in [0.29, 0.717) is 27.9 Å². The maximum absolute atomic E-state index is 12.0. The van der Waals surface area contributed by atoms with E-state index in [-0.39, 0.29) is 6.61 Å². The van der Waals surface area contributed by atoms with E-state index in [2.05, 4.69) is 15.6 Å². The van der Waals surface area contributed by atoms with Crippen LogP contribution in [0.15, 0.2) is 59.7 Å². The van der Waals surface area contributed by atoms with Crippen LogP contribution in [0.2, 0.25) is 5.15 Å². The Morgan fingerprint density at radius 1 is 1.18 bits per heavy atom. The van der Waals surface area contributed by atoms with Gasteiger partial charge in [0, 0.05) is 0 Å². The Morgan fingerprint density at radius 2 is 1.86 bits per heavy atom. The third-order valence-electron chi connectivity index (χ3n) is 3.86. The van der Waals surface area contributed by atoms with Crippen molar-refractivity contribution in [3.63, 3.8) is 0 Å². The van der Waals surface area contributed by atoms with E-state index >= 15 is 0 Å². The van der Waals surface area contributed by atoms with Crippen LogP contribution >= 0.6 is 11.6 Å². The second-order valence-corrected chi connectivity index (χ2v) is 6.13. The maximum Gasteiger partial charge on any atom is 0.277 e. The van der Waals surface area contributed by atoms with Crippen LogP contribution in [-0.2, 0) is 4.79 Å². The minimum absolute atomic E-state index is 0.201. The molecule has 0 unspecified atom stereocenters. The van der Waals surface area contributed by atoms with Crippen LogP contribution in [0.3, 0.4) is 0 Å². The molecule has 144 valence electrons. The lowest BCUT2D eigenvalue weighted by atomic mass is 10.3. The third kappa shape index (κ3) is 4.50. The van der Waals surface area contributed by atoms with E-state index in [1.54, 1.807) is 22.9 Å². The predicted molar refractivity (Wildman–Crippen MR) is 108 cm³/mol. The van der Waals surface area contributed by atoms with Crippen molar-refractivity contribution >= 4 is 23.7 Å². The third-order valence-corrected chi connectivity index (χ3v) is 4.22. The average Bonchev–Trinajstić information content (AvgIpc) is 3.01. The molecular weight excluding hydrogens is 380 g/mol. The number of hydrazone groups is 1. The largest absolute Gasteiger partial charge is 0.493 e. The Bertz CT molecular complexity index is 986. The van der Waals surface area contributed by atoms with Crippen LogP contribution in [0.5, 0.6) is 11.5 Å². The monoisotopic (exact) mass is 398 g/mol. The second-order valence-electron chi connectivity index (χ2n) is 5.77. The minimum Gasteiger partial charge on any atom is -0.493 e. The highest BCUT2D eigenvalue weighted by Gasteiger charge is 2.13. The summed E-state index contributed by atoms with van der Waals surface area (Å²) in [7, 11) is 1.54. The molecule has 0 radical (unpaired) electrons. The summed E-state index contributed by atoms with van der Waals surface area (Å²) in [5.41, 5.74) is 4.56. The molecule has 0 spiro atoms. The number of nitrogens with zero attached hydrogens (tertiary/aromatic N) is 3. The van der Waals surface area contributed by atoms with Crippen molar-refractivity contribution < 1.29 is 14.3 Å². The van der Waals surface area contributed by atoms with Gasteiger partial charge in [0.25, 0.3) is 5.91 Å². The topological polar surface area (TPSA) is 77.7 Å². The molecule has 1 amide bonds. The SMILES string of the molecule is COc1ccccc1OCC(=O)N/N=C/c1c(C)nn(-c2ccccc2)c1Cl. The molecule has 0 bridgehead atoms. The molecule has 1 N–H and O–H groups in total. The van der Waals surface area contributed by atoms with Gasteiger partial charge in [-0.15, -0.1) is 0 Å². The second kappa shape index (κ2) is 9.05. The molecular formula is C20H19ClN4O3. The van der Waals surface area contributed by atoms with E-state index in [0.717, 1.165) is 5.69 Å². The number of halogens is 1. The Kier molecular flexibility index (Phi) is 6.29. The van der Waals surface area contributed by atoms with Crippen LogP contribution in [-0.4, -0.2) is 35.6 Å². The number of ether oxygens (including phenoxy) is 2. The molecule has 0 atom stereocenters. The van der Waals surface area contributed by atoms with Gasteiger partial charge < -0.3 is 9.47 Å². The number of rotatable bonds is 7. The molecule has 3 aromatic rings. The normalized spacial score (nSPS) is 10.8. The van der Waals surface area contributed by atoms with Crippen molar-refractivity contribution in [1.29, 1.82) is 0 Å². The summed E-state index contributed by atoms with van der Waals surface area (Å²) in [6.07, 6.45) is 1.46. The highest BCUT2D eigenvalue weighted by Crippen LogP contribution is 2.25. The van der Waals surface area contributed by atoms with Crippen LogP contribution in [0.25, 0.3) is 5.69 Å². The lowest BCUT2D eigenvalue weighted by molar-refractivity contribution is -0.123. The number of carbonyl (C=O) groups excluding carboxylic acids is 1. The molecule has 0 fully saturated rings. The Morgan fingerprint density at radius 3 is 2.57 bits per heavy atom. The van der Waals surface area contributed by atoms with E-state index in [4.69, 9.17) is 21.1 Å². The molecule has 28 heavy (non-hydrogen) atoms. The molecule has 3 rings (SSSR count). The number of methoxy groups -OCH3 is 1. The molecule has 1 heterocycles. The fraction of sp³-hybridized carbons (Fsp3) is 0.150. The number of carbonyl (C=O) groups is 1. The number of nitrogens with one attached hydrogen (secondary N) is 1. The molecule has 0 aliphatic rings. The molecule has 8 heteroatoms. The van der Waals surface area contributed by atoms with Crippen molar-refractivity contribution in [2.24, 2.45) is 5.10 Å². The summed E-state index contributed by atoms with van der Waals surface area (Å²) < 4.78 is 12.2. The van der Waals surface area contributed by atoms with Crippen molar-refractivity contribution in [3.8, 4) is 17.2 Å². The van der Waals surface area contributed by atoms with Crippen molar-refractivity contribution in [2.45, 2.75) is 6.92 Å². The first kappa shape index (κ1) is 19.4. The Balaban J connectivity index is 1.62. The van der Waals surface area contributed by atoms with Crippen molar-refractivity contribution in [3.05, 3.63) is 71.0 Å². The summed E-state index contributed by atoms with van der Waals surface area (Å²) in [6, 6.07) is 16.6. The predicted octanol–water partition coefficient (Wildman–Crippen LogP) is 3.37. The van der Waals surface area contributed by atoms with Gasteiger partial charge >= 0.3 is 0 Å². The summed E-state index contributed by atoms with van der Waals surface area (Å²) in [4.78, 5) is 12.0. The zero-order valence-electron chi connectivity index (χ0n) is 15.4. The van der Waals surface area contributed by atoms with Crippen LogP contribution < -0.4 is 14.9 Å². The quantitative estimate of drug-likeness (QED) is 0.489. The Hall–Kier alpha value is -3.32. The zero-order valence-corrected chi connectivity index (χ0v) is 16.2. The zero-order chi connectivity index (χ0) is 19.9. The average molecular weight is 399 g/mol. The number of aromatic nitrogens is 2. The number of amides is 1. The van der Waals surface area contributed by atoms with Gasteiger partial charge in [0.15, 0.2) is 18.1 Å². The number of aryl methyl sites for hydroxylation is 1. The van der Waals surface area contributed by atoms with Gasteiger partial charge in [0.1, 0.15) is 5.15 Å². The maximum atomic E-state index is 12.0. The van der Waals surface area contributed by atoms with Crippen molar-refractivity contribution in [1.82, 2.24) is 15.2 Å². The lowest BCUT2D eigenvalue weighted by Gasteiger charge is -2.09. The standard InChI is InChI=1S/C20H19ClN4O3/c1-14-16(20(21)25(24-14)15-8-4-3-5-9-15)12-22-23-19(26)13-28-18-11-7-6-10-17(18)27-2/h3-12H,13H2,1-2H3,(H,23,26)/b22-12+. The molecule has 0 aliphatic carbocycles. The van der Waals surface area contributed by atoms with Gasteiger partial charge in [-0.05, 0) is 31.2 Å². The smallest absolute Gasteiger partial charge is 0.277 e. The summed E-state index contributed by atoms with van der Waals surface area (Å²) in [5.74, 6) is 0.619. The van der Waals surface area contributed by atoms with Crippen LogP contribution in [0.1, 0.15) is 11.3 Å². The minimum atomic E-state index is -0.411. The summed E-state index contributed by atoms with van der Waals surface area (Å²) in [6.45, 7) is 1.62. The van der Waals surface area contributed by atoms with Crippen LogP contribution in [0.4, 0.5) is 0 Å². The van der Waals surface area contributed by atoms with Gasteiger partial charge in [0.2, 0.25) is 0 Å². The van der Waals surface area contributed by atoms with Gasteiger partial charge in [-0.1, -0.05) is 41.9 Å². The van der Waals surface area contributed by atoms with E-state index in [1.165, 1.54) is 13.3 Å². The van der Waals surface area contributed by atoms with Gasteiger partial charge in [0.05, 0.1) is 30.3 Å². The summed E-state index contributed by atoms with van der Waals surface area (Å²) >= 11 is 6.41. The lowest BCUT2D eigenvalue weighted by Crippen LogP contribution is -2.24. The van der Waals surface area contributed by atoms with E-state index < -0.39 is 5.91 Å². The van der Waals surface area contributed by atoms with Gasteiger partial charge in [-0.25, -0.2) is 10.1 Å². The first-order valence-corrected chi connectivity index (χ1v) is 8.86. The molecule has 0 saturated carbocycles. The number of hydrogen-bond donors (Lipinski definition) is 1. The van der Waals surface area contributed by atoms with Crippen LogP contribution in [0, 0.1) is 6.92 Å². The highest BCUT2D eigenvalue weighted by atomic mass is 35.5. The number of para-hydroxylation sites is 3. The van der Waals surface area contributed by atoms with Gasteiger partial charge in [-0.2, -0.15) is 10.2 Å². The Labute approximate surface area is 167 Å². The number of hydrogen-bond acceptors (Lipinski definition) is 5.